The summed E-state index contributed by atoms with van der Waals surface area (Å²) in [6.07, 6.45) is 21.0. The molecule has 0 fully saturated rings. The molecule has 2 N–H and O–H groups in total. The van der Waals surface area contributed by atoms with Gasteiger partial charge in [-0.05, 0) is 38.5 Å². The molecule has 0 heterocycles. The zero-order valence-electron chi connectivity index (χ0n) is 25.8. The predicted octanol–water partition coefficient (Wildman–Crippen LogP) is 6.27. The van der Waals surface area contributed by atoms with Gasteiger partial charge in [-0.15, -0.1) is 0 Å². The fraction of sp³-hybridized carbons (Fsp3) is 0.900. The number of quaternary nitrogens is 1. The zero-order valence-corrected chi connectivity index (χ0v) is 26.7. The van der Waals surface area contributed by atoms with Gasteiger partial charge >= 0.3 is 0 Å². The van der Waals surface area contributed by atoms with Crippen molar-refractivity contribution < 1.29 is 32.9 Å². The summed E-state index contributed by atoms with van der Waals surface area (Å²) < 4.78 is 22.9. The van der Waals surface area contributed by atoms with E-state index in [9.17, 15) is 19.4 Å². The lowest BCUT2D eigenvalue weighted by Gasteiger charge is -2.30. The highest BCUT2D eigenvalue weighted by molar-refractivity contribution is 7.45. The molecular weight excluding hydrogens is 515 g/mol. The molecule has 9 heteroatoms. The number of hydrogen-bond donors (Lipinski definition) is 2. The number of carbonyl (C=O) groups excluding carboxylic acids is 1. The molecule has 0 bridgehead atoms. The summed E-state index contributed by atoms with van der Waals surface area (Å²) in [4.78, 5) is 24.8. The largest absolute Gasteiger partial charge is 0.756 e. The molecule has 0 spiro atoms. The van der Waals surface area contributed by atoms with E-state index < -0.39 is 20.0 Å². The third kappa shape index (κ3) is 25.9. The number of phosphoric ester groups is 1. The van der Waals surface area contributed by atoms with E-state index in [4.69, 9.17) is 9.05 Å². The summed E-state index contributed by atoms with van der Waals surface area (Å²) in [6, 6.07) is -0.794. The molecule has 0 rings (SSSR count). The van der Waals surface area contributed by atoms with Crippen molar-refractivity contribution in [2.24, 2.45) is 0 Å². The van der Waals surface area contributed by atoms with E-state index in [2.05, 4.69) is 31.3 Å². The molecule has 39 heavy (non-hydrogen) atoms. The maximum Gasteiger partial charge on any atom is 0.268 e. The third-order valence-corrected chi connectivity index (χ3v) is 7.72. The number of nitrogens with one attached hydrogen (secondary N) is 1. The molecule has 0 saturated heterocycles. The summed E-state index contributed by atoms with van der Waals surface area (Å²) >= 11 is 0. The van der Waals surface area contributed by atoms with E-state index in [0.29, 0.717) is 23.9 Å². The Bertz CT molecular complexity index is 668. The van der Waals surface area contributed by atoms with Gasteiger partial charge in [-0.2, -0.15) is 0 Å². The van der Waals surface area contributed by atoms with Crippen LogP contribution in [0.2, 0.25) is 0 Å². The van der Waals surface area contributed by atoms with E-state index >= 15 is 0 Å². The lowest BCUT2D eigenvalue weighted by molar-refractivity contribution is -0.870. The van der Waals surface area contributed by atoms with Crippen molar-refractivity contribution in [3.8, 4) is 0 Å². The Balaban J connectivity index is 4.47. The summed E-state index contributed by atoms with van der Waals surface area (Å²) in [7, 11) is 1.29. The topological polar surface area (TPSA) is 108 Å². The van der Waals surface area contributed by atoms with Gasteiger partial charge in [0.2, 0.25) is 5.91 Å². The summed E-state index contributed by atoms with van der Waals surface area (Å²) in [5.41, 5.74) is 0. The number of nitrogens with zero attached hydrogens (tertiary/aromatic N) is 1. The van der Waals surface area contributed by atoms with Crippen LogP contribution in [0.4, 0.5) is 0 Å². The molecule has 0 aromatic rings. The van der Waals surface area contributed by atoms with E-state index in [1.165, 1.54) is 32.1 Å². The first kappa shape index (κ1) is 38.2. The monoisotopic (exact) mass is 576 g/mol. The SMILES string of the molecule is CCCCC/C=C\CCCCCCCC(=O)NC(COP(=O)([O-])OCC[N+](C)(C)C)C(O)CCCCCCC. The van der Waals surface area contributed by atoms with Crippen LogP contribution in [0.3, 0.4) is 0 Å². The molecule has 3 unspecified atom stereocenters. The molecule has 8 nitrogen and oxygen atoms in total. The number of likely N-dealkylation sites (N-methyl/N-ethyl adjacent to an activating group) is 1. The molecule has 232 valence electrons. The van der Waals surface area contributed by atoms with Crippen LogP contribution in [0.1, 0.15) is 123 Å². The molecule has 0 radical (unpaired) electrons. The minimum Gasteiger partial charge on any atom is -0.756 e. The fourth-order valence-electron chi connectivity index (χ4n) is 4.15. The van der Waals surface area contributed by atoms with Crippen LogP contribution < -0.4 is 10.2 Å². The normalized spacial score (nSPS) is 15.4. The van der Waals surface area contributed by atoms with E-state index in [1.807, 2.05) is 21.1 Å². The Hall–Kier alpha value is -0.760. The highest BCUT2D eigenvalue weighted by Gasteiger charge is 2.24. The Morgan fingerprint density at radius 3 is 2.05 bits per heavy atom. The van der Waals surface area contributed by atoms with E-state index in [-0.39, 0.29) is 19.1 Å². The molecule has 1 amide bonds. The van der Waals surface area contributed by atoms with E-state index in [0.717, 1.165) is 64.2 Å². The molecule has 0 saturated carbocycles. The van der Waals surface area contributed by atoms with Gasteiger partial charge in [0.05, 0.1) is 39.9 Å². The van der Waals surface area contributed by atoms with Crippen LogP contribution in [-0.2, 0) is 18.4 Å². The molecule has 0 aromatic heterocycles. The Morgan fingerprint density at radius 1 is 0.872 bits per heavy atom. The minimum absolute atomic E-state index is 0.0104. The van der Waals surface area contributed by atoms with Gasteiger partial charge in [0.25, 0.3) is 7.82 Å². The maximum absolute atomic E-state index is 12.6. The quantitative estimate of drug-likeness (QED) is 0.0517. The van der Waals surface area contributed by atoms with Crippen molar-refractivity contribution in [1.29, 1.82) is 0 Å². The van der Waals surface area contributed by atoms with Gasteiger partial charge in [-0.3, -0.25) is 9.36 Å². The number of allylic oxidation sites excluding steroid dienone is 2. The fourth-order valence-corrected chi connectivity index (χ4v) is 4.87. The maximum atomic E-state index is 12.6. The van der Waals surface area contributed by atoms with Gasteiger partial charge in [0.1, 0.15) is 13.2 Å². The number of amides is 1. The van der Waals surface area contributed by atoms with Crippen LogP contribution in [0.5, 0.6) is 0 Å². The predicted molar refractivity (Wildman–Crippen MR) is 159 cm³/mol. The van der Waals surface area contributed by atoms with Crippen molar-refractivity contribution in [2.45, 2.75) is 135 Å². The van der Waals surface area contributed by atoms with Crippen LogP contribution in [0.25, 0.3) is 0 Å². The van der Waals surface area contributed by atoms with Gasteiger partial charge in [-0.1, -0.05) is 90.2 Å². The second kappa shape index (κ2) is 23.9. The summed E-state index contributed by atoms with van der Waals surface area (Å²) in [5.74, 6) is -0.185. The molecule has 3 atom stereocenters. The standard InChI is InChI=1S/C30H61N2O6P/c1-6-8-10-12-13-14-15-16-17-18-20-22-24-30(34)31-28(29(33)23-21-19-11-9-7-2)27-38-39(35,36)37-26-25-32(3,4)5/h13-14,28-29,33H,6-12,15-27H2,1-5H3,(H-,31,34,35,36)/b14-13-. The number of rotatable bonds is 27. The van der Waals surface area contributed by atoms with Crippen molar-refractivity contribution in [3.63, 3.8) is 0 Å². The lowest BCUT2D eigenvalue weighted by atomic mass is 10.0. The smallest absolute Gasteiger partial charge is 0.268 e. The van der Waals surface area contributed by atoms with Gasteiger partial charge < -0.3 is 28.8 Å². The molecule has 0 aliphatic carbocycles. The number of aliphatic hydroxyl groups excluding tert-OH is 1. The zero-order chi connectivity index (χ0) is 29.4. The number of unbranched alkanes of at least 4 members (excludes halogenated alkanes) is 12. The van der Waals surface area contributed by atoms with Gasteiger partial charge in [0, 0.05) is 6.42 Å². The number of phosphoric acid groups is 1. The first-order valence-electron chi connectivity index (χ1n) is 15.5. The van der Waals surface area contributed by atoms with Crippen molar-refractivity contribution in [3.05, 3.63) is 12.2 Å². The highest BCUT2D eigenvalue weighted by atomic mass is 31.2. The summed E-state index contributed by atoms with van der Waals surface area (Å²) in [5, 5.41) is 13.6. The van der Waals surface area contributed by atoms with Crippen LogP contribution in [-0.4, -0.2) is 68.5 Å². The number of carbonyl (C=O) groups is 1. The van der Waals surface area contributed by atoms with Crippen LogP contribution >= 0.6 is 7.82 Å². The number of aliphatic hydroxyl groups is 1. The summed E-state index contributed by atoms with van der Waals surface area (Å²) in [6.45, 7) is 4.55. The first-order valence-corrected chi connectivity index (χ1v) is 17.0. The second-order valence-electron chi connectivity index (χ2n) is 11.8. The lowest BCUT2D eigenvalue weighted by Crippen LogP contribution is -2.46. The van der Waals surface area contributed by atoms with Crippen LogP contribution in [0, 0.1) is 0 Å². The molecule has 0 aliphatic rings. The average Bonchev–Trinajstić information content (AvgIpc) is 2.86. The van der Waals surface area contributed by atoms with E-state index in [1.54, 1.807) is 0 Å². The Labute approximate surface area is 240 Å². The molecule has 0 aliphatic heterocycles. The van der Waals surface area contributed by atoms with Crippen molar-refractivity contribution in [1.82, 2.24) is 5.32 Å². The average molecular weight is 577 g/mol. The second-order valence-corrected chi connectivity index (χ2v) is 13.2. The minimum atomic E-state index is -4.53. The van der Waals surface area contributed by atoms with Gasteiger partial charge in [-0.25, -0.2) is 0 Å². The Morgan fingerprint density at radius 2 is 1.41 bits per heavy atom. The molecule has 0 aromatic carbocycles. The first-order chi connectivity index (χ1) is 18.5. The molecular formula is C30H61N2O6P. The van der Waals surface area contributed by atoms with Crippen LogP contribution in [0.15, 0.2) is 12.2 Å². The van der Waals surface area contributed by atoms with Gasteiger partial charge in [0.15, 0.2) is 0 Å². The third-order valence-electron chi connectivity index (χ3n) is 6.75. The Kier molecular flexibility index (Phi) is 23.4. The highest BCUT2D eigenvalue weighted by Crippen LogP contribution is 2.38. The van der Waals surface area contributed by atoms with Crippen molar-refractivity contribution >= 4 is 13.7 Å². The van der Waals surface area contributed by atoms with Crippen molar-refractivity contribution in [2.75, 3.05) is 40.9 Å². The number of hydrogen-bond acceptors (Lipinski definition) is 6.